The number of rotatable bonds is 18. The van der Waals surface area contributed by atoms with Crippen LogP contribution in [-0.4, -0.2) is 81.3 Å². The van der Waals surface area contributed by atoms with Crippen LogP contribution in [0.3, 0.4) is 0 Å². The Morgan fingerprint density at radius 2 is 1.45 bits per heavy atom. The van der Waals surface area contributed by atoms with Gasteiger partial charge in [0, 0.05) is 65.8 Å². The number of aliphatic imine (C=N–C) groups is 1. The van der Waals surface area contributed by atoms with E-state index in [2.05, 4.69) is 23.6 Å². The second-order valence-corrected chi connectivity index (χ2v) is 20.1. The highest BCUT2D eigenvalue weighted by Crippen LogP contribution is 2.43. The number of fused-ring (bicyclic) bond motifs is 8. The summed E-state index contributed by atoms with van der Waals surface area (Å²) in [5.41, 5.74) is 8.41. The lowest BCUT2D eigenvalue weighted by Gasteiger charge is -2.22. The Morgan fingerprint density at radius 1 is 0.806 bits per heavy atom. The Kier molecular flexibility index (Phi) is 13.8. The monoisotopic (exact) mass is 937 g/mol. The summed E-state index contributed by atoms with van der Waals surface area (Å²) in [7, 11) is 8.17. The second kappa shape index (κ2) is 20.2. The average molecular weight is 938 g/mol. The zero-order chi connectivity index (χ0) is 46.6. The van der Waals surface area contributed by atoms with E-state index in [4.69, 9.17) is 23.9 Å². The van der Waals surface area contributed by atoms with Crippen molar-refractivity contribution in [2.45, 2.75) is 76.0 Å². The number of ether oxygens (including phenoxy) is 4. The maximum atomic E-state index is 14.1. The van der Waals surface area contributed by atoms with Crippen molar-refractivity contribution in [1.29, 1.82) is 0 Å². The number of amides is 3. The largest absolute Gasteiger partial charge is 0.493 e. The summed E-state index contributed by atoms with van der Waals surface area (Å²) >= 11 is 0. The number of hydrogen-bond donors (Lipinski definition) is 2. The Labute approximate surface area is 399 Å². The van der Waals surface area contributed by atoms with Crippen LogP contribution >= 0.6 is 21.6 Å². The summed E-state index contributed by atoms with van der Waals surface area (Å²) in [6, 6.07) is 28.4. The first-order valence-corrected chi connectivity index (χ1v) is 25.0. The van der Waals surface area contributed by atoms with Gasteiger partial charge in [0.15, 0.2) is 30.8 Å². The van der Waals surface area contributed by atoms with Crippen LogP contribution in [0, 0.1) is 0 Å². The molecular formula is C51H52BN5O8S2. The maximum absolute atomic E-state index is 14.1. The Balaban J connectivity index is 0.935. The molecule has 4 heterocycles. The number of methoxy groups -OCH3 is 2. The van der Waals surface area contributed by atoms with Gasteiger partial charge in [0.05, 0.1) is 54.5 Å². The zero-order valence-electron chi connectivity index (χ0n) is 38.0. The van der Waals surface area contributed by atoms with Gasteiger partial charge in [-0.15, -0.1) is 0 Å². The van der Waals surface area contributed by atoms with E-state index in [-0.39, 0.29) is 54.0 Å². The number of anilines is 4. The lowest BCUT2D eigenvalue weighted by Crippen LogP contribution is -2.39. The Bertz CT molecular complexity index is 2770. The Morgan fingerprint density at radius 3 is 2.15 bits per heavy atom. The number of carbonyl (C=O) groups excluding carboxylic acids is 4. The molecule has 0 spiro atoms. The number of carbonyl (C=O) groups is 4. The maximum Gasteiger partial charge on any atom is 0.261 e. The van der Waals surface area contributed by atoms with Gasteiger partial charge in [-0.3, -0.25) is 24.3 Å². The standard InChI is InChI=1S/C51H52BN5O8S2/c1-30(67-66-16-8-13-48(52)58)14-15-49(59)55-35-18-31(28-64-46-24-40-38(22-44(46)62-2)50(60)56-36(26-53-40)20-33-9-4-6-11-42(33)56)17-32(19-35)29-65-47-25-41-39(23-45(47)63-3)51(61)57-37(27-54-41)21-34-10-5-7-12-43(34)57/h4-7,9-12,17-19,22-26,30,36-37,54H,8,13-16,20-21,27-29,52H2,1-3H3,(H,55,59)/t30?,36-,37?/m0/s1. The van der Waals surface area contributed by atoms with Crippen LogP contribution in [0.4, 0.5) is 28.4 Å². The lowest BCUT2D eigenvalue weighted by atomic mass is 9.99. The van der Waals surface area contributed by atoms with Gasteiger partial charge >= 0.3 is 0 Å². The van der Waals surface area contributed by atoms with Crippen LogP contribution in [0.15, 0.2) is 96.0 Å². The van der Waals surface area contributed by atoms with Gasteiger partial charge in [0.25, 0.3) is 11.8 Å². The summed E-state index contributed by atoms with van der Waals surface area (Å²) in [5, 5.41) is 6.84. The van der Waals surface area contributed by atoms with Crippen LogP contribution in [0.2, 0.25) is 0 Å². The van der Waals surface area contributed by atoms with Gasteiger partial charge in [-0.2, -0.15) is 0 Å². The van der Waals surface area contributed by atoms with Gasteiger partial charge in [0.2, 0.25) is 5.91 Å². The molecule has 0 aliphatic carbocycles. The molecule has 0 saturated carbocycles. The molecule has 0 saturated heterocycles. The van der Waals surface area contributed by atoms with Gasteiger partial charge in [-0.25, -0.2) is 0 Å². The number of hydrogen-bond acceptors (Lipinski definition) is 12. The van der Waals surface area contributed by atoms with E-state index in [1.54, 1.807) is 59.6 Å². The van der Waals surface area contributed by atoms with Crippen molar-refractivity contribution in [2.24, 2.45) is 4.99 Å². The highest BCUT2D eigenvalue weighted by atomic mass is 33.1. The molecule has 5 aromatic rings. The number of benzene rings is 5. The van der Waals surface area contributed by atoms with Gasteiger partial charge in [-0.1, -0.05) is 64.9 Å². The fourth-order valence-corrected chi connectivity index (χ4v) is 11.5. The molecule has 67 heavy (non-hydrogen) atoms. The number of para-hydroxylation sites is 2. The van der Waals surface area contributed by atoms with Crippen LogP contribution in [-0.2, 0) is 35.6 Å². The fraction of sp³-hybridized carbons (Fsp3) is 0.314. The molecule has 0 fully saturated rings. The molecule has 5 aromatic carbocycles. The summed E-state index contributed by atoms with van der Waals surface area (Å²) in [6.07, 6.45) is 5.71. The topological polar surface area (TPSA) is 148 Å². The quantitative estimate of drug-likeness (QED) is 0.0495. The van der Waals surface area contributed by atoms with Crippen molar-refractivity contribution >= 4 is 87.5 Å². The summed E-state index contributed by atoms with van der Waals surface area (Å²) in [6.45, 7) is 2.88. The predicted octanol–water partition coefficient (Wildman–Crippen LogP) is 8.57. The van der Waals surface area contributed by atoms with Crippen molar-refractivity contribution in [3.8, 4) is 23.0 Å². The van der Waals surface area contributed by atoms with Gasteiger partial charge < -0.3 is 39.3 Å². The molecule has 9 rings (SSSR count). The third-order valence-electron chi connectivity index (χ3n) is 12.4. The molecule has 3 atom stereocenters. The minimum absolute atomic E-state index is 0.0208. The van der Waals surface area contributed by atoms with E-state index in [1.807, 2.05) is 77.8 Å². The SMILES string of the molecule is BC(=O)CCCSSC(C)CCC(=O)Nc1cc(COc2cc3c(cc2OC)C(=O)N2c4ccccc4C[C@H]2C=N3)cc(COc2cc3c(cc2OC)C(=O)N2c4ccccc4CC2CN3)c1. The molecule has 4 aliphatic rings. The third kappa shape index (κ3) is 10.0. The molecule has 0 bridgehead atoms. The molecule has 2 N–H and O–H groups in total. The first-order valence-electron chi connectivity index (χ1n) is 22.6. The van der Waals surface area contributed by atoms with E-state index in [0.29, 0.717) is 83.4 Å². The molecule has 2 unspecified atom stereocenters. The fourth-order valence-electron chi connectivity index (χ4n) is 9.07. The first kappa shape index (κ1) is 45.8. The molecule has 0 radical (unpaired) electrons. The Hall–Kier alpha value is -6.39. The zero-order valence-corrected chi connectivity index (χ0v) is 39.6. The highest BCUT2D eigenvalue weighted by molar-refractivity contribution is 8.76. The van der Waals surface area contributed by atoms with E-state index in [0.717, 1.165) is 52.2 Å². The minimum Gasteiger partial charge on any atom is -0.493 e. The third-order valence-corrected chi connectivity index (χ3v) is 15.4. The molecule has 344 valence electrons. The summed E-state index contributed by atoms with van der Waals surface area (Å²) in [4.78, 5) is 61.3. The average Bonchev–Trinajstić information content (AvgIpc) is 3.82. The normalized spacial score (nSPS) is 16.8. The van der Waals surface area contributed by atoms with Crippen molar-refractivity contribution in [3.63, 3.8) is 0 Å². The second-order valence-electron chi connectivity index (χ2n) is 17.2. The van der Waals surface area contributed by atoms with Crippen LogP contribution in [0.25, 0.3) is 0 Å². The van der Waals surface area contributed by atoms with Crippen molar-refractivity contribution in [2.75, 3.05) is 47.0 Å². The van der Waals surface area contributed by atoms with Crippen molar-refractivity contribution < 1.29 is 38.1 Å². The van der Waals surface area contributed by atoms with E-state index in [1.165, 1.54) is 7.11 Å². The van der Waals surface area contributed by atoms with Crippen LogP contribution < -0.4 is 39.4 Å². The molecule has 16 heteroatoms. The number of nitrogens with zero attached hydrogens (tertiary/aromatic N) is 3. The lowest BCUT2D eigenvalue weighted by molar-refractivity contribution is -0.116. The minimum atomic E-state index is -0.198. The van der Waals surface area contributed by atoms with E-state index >= 15 is 0 Å². The summed E-state index contributed by atoms with van der Waals surface area (Å²) < 4.78 is 24.5. The van der Waals surface area contributed by atoms with Crippen LogP contribution in [0.5, 0.6) is 23.0 Å². The smallest absolute Gasteiger partial charge is 0.261 e. The molecule has 4 aliphatic heterocycles. The first-order chi connectivity index (χ1) is 32.6. The van der Waals surface area contributed by atoms with E-state index < -0.39 is 0 Å². The summed E-state index contributed by atoms with van der Waals surface area (Å²) in [5.74, 6) is 2.18. The highest BCUT2D eigenvalue weighted by Gasteiger charge is 2.39. The predicted molar refractivity (Wildman–Crippen MR) is 269 cm³/mol. The molecular weight excluding hydrogens is 886 g/mol. The van der Waals surface area contributed by atoms with Gasteiger partial charge in [-0.05, 0) is 90.4 Å². The molecule has 0 aromatic heterocycles. The van der Waals surface area contributed by atoms with Crippen LogP contribution in [0.1, 0.15) is 75.6 Å². The number of nitrogens with one attached hydrogen (secondary N) is 2. The van der Waals surface area contributed by atoms with Crippen molar-refractivity contribution in [3.05, 3.63) is 124 Å². The molecule has 13 nitrogen and oxygen atoms in total. The molecule has 3 amide bonds. The van der Waals surface area contributed by atoms with E-state index in [9.17, 15) is 19.2 Å². The van der Waals surface area contributed by atoms with Gasteiger partial charge in [0.1, 0.15) is 13.2 Å². The van der Waals surface area contributed by atoms with Crippen molar-refractivity contribution in [1.82, 2.24) is 0 Å².